The number of halogens is 1. The molecular weight excluding hydrogens is 252 g/mol. The Morgan fingerprint density at radius 2 is 2.22 bits per heavy atom. The minimum absolute atomic E-state index is 0.198. The highest BCUT2D eigenvalue weighted by Gasteiger charge is 2.07. The van der Waals surface area contributed by atoms with Gasteiger partial charge in [-0.25, -0.2) is 0 Å². The van der Waals surface area contributed by atoms with Crippen LogP contribution in [0.5, 0.6) is 0 Å². The summed E-state index contributed by atoms with van der Waals surface area (Å²) in [5.41, 5.74) is 6.55. The first-order valence-electron chi connectivity index (χ1n) is 5.52. The van der Waals surface area contributed by atoms with Gasteiger partial charge in [-0.15, -0.1) is 0 Å². The third-order valence-electron chi connectivity index (χ3n) is 2.42. The summed E-state index contributed by atoms with van der Waals surface area (Å²) in [5, 5.41) is 3.23. The van der Waals surface area contributed by atoms with Gasteiger partial charge in [-0.05, 0) is 30.3 Å². The SMILES string of the molecule is Nc1cc(Cl)cc(C(=O)NCCc2ccco2)c1. The van der Waals surface area contributed by atoms with E-state index in [4.69, 9.17) is 21.8 Å². The van der Waals surface area contributed by atoms with E-state index in [0.29, 0.717) is 29.2 Å². The number of nitrogens with one attached hydrogen (secondary N) is 1. The Labute approximate surface area is 110 Å². The lowest BCUT2D eigenvalue weighted by Gasteiger charge is -2.05. The molecule has 0 atom stereocenters. The molecule has 1 amide bonds. The van der Waals surface area contributed by atoms with E-state index in [-0.39, 0.29) is 5.91 Å². The maximum atomic E-state index is 11.8. The number of hydrogen-bond donors (Lipinski definition) is 2. The molecule has 0 saturated heterocycles. The highest BCUT2D eigenvalue weighted by molar-refractivity contribution is 6.31. The number of nitrogens with two attached hydrogens (primary N) is 1. The second-order valence-corrected chi connectivity index (χ2v) is 4.29. The van der Waals surface area contributed by atoms with E-state index in [1.807, 2.05) is 12.1 Å². The van der Waals surface area contributed by atoms with Gasteiger partial charge in [0.15, 0.2) is 0 Å². The quantitative estimate of drug-likeness (QED) is 0.834. The van der Waals surface area contributed by atoms with Gasteiger partial charge in [-0.3, -0.25) is 4.79 Å². The summed E-state index contributed by atoms with van der Waals surface area (Å²) in [6.07, 6.45) is 2.25. The lowest BCUT2D eigenvalue weighted by atomic mass is 10.2. The van der Waals surface area contributed by atoms with Crippen LogP contribution >= 0.6 is 11.6 Å². The van der Waals surface area contributed by atoms with Crippen LogP contribution < -0.4 is 11.1 Å². The van der Waals surface area contributed by atoms with Crippen LogP contribution in [0, 0.1) is 0 Å². The van der Waals surface area contributed by atoms with Crippen LogP contribution in [0.1, 0.15) is 16.1 Å². The highest BCUT2D eigenvalue weighted by atomic mass is 35.5. The summed E-state index contributed by atoms with van der Waals surface area (Å²) in [6, 6.07) is 8.45. The molecule has 0 bridgehead atoms. The van der Waals surface area contributed by atoms with Crippen molar-refractivity contribution in [3.8, 4) is 0 Å². The van der Waals surface area contributed by atoms with Gasteiger partial charge in [-0.2, -0.15) is 0 Å². The number of carbonyl (C=O) groups excluding carboxylic acids is 1. The number of carbonyl (C=O) groups is 1. The van der Waals surface area contributed by atoms with E-state index < -0.39 is 0 Å². The summed E-state index contributed by atoms with van der Waals surface area (Å²) in [6.45, 7) is 0.499. The van der Waals surface area contributed by atoms with E-state index in [9.17, 15) is 4.79 Å². The predicted octanol–water partition coefficient (Wildman–Crippen LogP) is 2.49. The Kier molecular flexibility index (Phi) is 3.89. The normalized spacial score (nSPS) is 10.3. The molecule has 2 rings (SSSR count). The molecule has 4 nitrogen and oxygen atoms in total. The van der Waals surface area contributed by atoms with Crippen molar-refractivity contribution in [3.05, 3.63) is 52.9 Å². The number of furan rings is 1. The van der Waals surface area contributed by atoms with Crippen molar-refractivity contribution in [1.82, 2.24) is 5.32 Å². The van der Waals surface area contributed by atoms with E-state index in [1.165, 1.54) is 0 Å². The maximum Gasteiger partial charge on any atom is 0.251 e. The van der Waals surface area contributed by atoms with Crippen LogP contribution in [0.15, 0.2) is 41.0 Å². The Balaban J connectivity index is 1.91. The van der Waals surface area contributed by atoms with Gasteiger partial charge in [0.05, 0.1) is 6.26 Å². The van der Waals surface area contributed by atoms with E-state index in [2.05, 4.69) is 5.32 Å². The lowest BCUT2D eigenvalue weighted by Crippen LogP contribution is -2.25. The van der Waals surface area contributed by atoms with Crippen LogP contribution in [0.3, 0.4) is 0 Å². The van der Waals surface area contributed by atoms with Gasteiger partial charge in [-0.1, -0.05) is 11.6 Å². The largest absolute Gasteiger partial charge is 0.469 e. The fourth-order valence-corrected chi connectivity index (χ4v) is 1.84. The van der Waals surface area contributed by atoms with Crippen LogP contribution in [0.25, 0.3) is 0 Å². The summed E-state index contributed by atoms with van der Waals surface area (Å²) in [7, 11) is 0. The van der Waals surface area contributed by atoms with Gasteiger partial charge < -0.3 is 15.5 Å². The van der Waals surface area contributed by atoms with E-state index in [1.54, 1.807) is 24.5 Å². The molecular formula is C13H13ClN2O2. The topological polar surface area (TPSA) is 68.3 Å². The number of rotatable bonds is 4. The molecule has 3 N–H and O–H groups in total. The number of amides is 1. The van der Waals surface area contributed by atoms with Crippen molar-refractivity contribution in [2.45, 2.75) is 6.42 Å². The summed E-state index contributed by atoms with van der Waals surface area (Å²) in [4.78, 5) is 11.8. The standard InChI is InChI=1S/C13H13ClN2O2/c14-10-6-9(7-11(15)8-10)13(17)16-4-3-12-2-1-5-18-12/h1-2,5-8H,3-4,15H2,(H,16,17). The summed E-state index contributed by atoms with van der Waals surface area (Å²) >= 11 is 5.83. The highest BCUT2D eigenvalue weighted by Crippen LogP contribution is 2.16. The average Bonchev–Trinajstić information content (AvgIpc) is 2.80. The molecule has 1 heterocycles. The summed E-state index contributed by atoms with van der Waals surface area (Å²) in [5.74, 6) is 0.636. The molecule has 0 aliphatic rings. The van der Waals surface area contributed by atoms with Crippen molar-refractivity contribution >= 4 is 23.2 Å². The van der Waals surface area contributed by atoms with Crippen molar-refractivity contribution in [2.75, 3.05) is 12.3 Å². The first-order chi connectivity index (χ1) is 8.65. The van der Waals surface area contributed by atoms with Gasteiger partial charge in [0, 0.05) is 29.2 Å². The molecule has 2 aromatic rings. The molecule has 94 valence electrons. The first-order valence-corrected chi connectivity index (χ1v) is 5.89. The summed E-state index contributed by atoms with van der Waals surface area (Å²) < 4.78 is 5.17. The smallest absolute Gasteiger partial charge is 0.251 e. The fourth-order valence-electron chi connectivity index (χ4n) is 1.60. The Hall–Kier alpha value is -1.94. The average molecular weight is 265 g/mol. The monoisotopic (exact) mass is 264 g/mol. The second kappa shape index (κ2) is 5.60. The van der Waals surface area contributed by atoms with Crippen molar-refractivity contribution in [2.24, 2.45) is 0 Å². The second-order valence-electron chi connectivity index (χ2n) is 3.86. The van der Waals surface area contributed by atoms with E-state index in [0.717, 1.165) is 5.76 Å². The van der Waals surface area contributed by atoms with Crippen LogP contribution in [0.4, 0.5) is 5.69 Å². The zero-order valence-corrected chi connectivity index (χ0v) is 10.4. The molecule has 0 aliphatic carbocycles. The predicted molar refractivity (Wildman–Crippen MR) is 70.6 cm³/mol. The lowest BCUT2D eigenvalue weighted by molar-refractivity contribution is 0.0953. The number of hydrogen-bond acceptors (Lipinski definition) is 3. The number of benzene rings is 1. The molecule has 1 aromatic heterocycles. The third kappa shape index (κ3) is 3.28. The number of nitrogen functional groups attached to an aromatic ring is 1. The molecule has 0 radical (unpaired) electrons. The van der Waals surface area contributed by atoms with Gasteiger partial charge in [0.2, 0.25) is 0 Å². The van der Waals surface area contributed by atoms with Crippen LogP contribution in [0.2, 0.25) is 5.02 Å². The van der Waals surface area contributed by atoms with Crippen molar-refractivity contribution < 1.29 is 9.21 Å². The fraction of sp³-hybridized carbons (Fsp3) is 0.154. The zero-order chi connectivity index (χ0) is 13.0. The minimum Gasteiger partial charge on any atom is -0.469 e. The van der Waals surface area contributed by atoms with Gasteiger partial charge in [0.25, 0.3) is 5.91 Å². The third-order valence-corrected chi connectivity index (χ3v) is 2.64. The molecule has 0 spiro atoms. The van der Waals surface area contributed by atoms with E-state index >= 15 is 0 Å². The number of anilines is 1. The van der Waals surface area contributed by atoms with Gasteiger partial charge in [0.1, 0.15) is 5.76 Å². The Morgan fingerprint density at radius 3 is 2.89 bits per heavy atom. The van der Waals surface area contributed by atoms with Gasteiger partial charge >= 0.3 is 0 Å². The first kappa shape index (κ1) is 12.5. The molecule has 0 unspecified atom stereocenters. The van der Waals surface area contributed by atoms with Crippen LogP contribution in [-0.2, 0) is 6.42 Å². The minimum atomic E-state index is -0.198. The molecule has 0 saturated carbocycles. The van der Waals surface area contributed by atoms with Crippen LogP contribution in [-0.4, -0.2) is 12.5 Å². The molecule has 0 aliphatic heterocycles. The Bertz CT molecular complexity index is 518. The molecule has 18 heavy (non-hydrogen) atoms. The zero-order valence-electron chi connectivity index (χ0n) is 9.65. The molecule has 0 fully saturated rings. The Morgan fingerprint density at radius 1 is 1.39 bits per heavy atom. The maximum absolute atomic E-state index is 11.8. The molecule has 5 heteroatoms. The molecule has 1 aromatic carbocycles. The van der Waals surface area contributed by atoms with Crippen molar-refractivity contribution in [1.29, 1.82) is 0 Å². The van der Waals surface area contributed by atoms with Crippen molar-refractivity contribution in [3.63, 3.8) is 0 Å².